The summed E-state index contributed by atoms with van der Waals surface area (Å²) in [5.74, 6) is 0.638. The zero-order valence-corrected chi connectivity index (χ0v) is 17.2. The highest BCUT2D eigenvalue weighted by Crippen LogP contribution is 2.34. The summed E-state index contributed by atoms with van der Waals surface area (Å²) in [6, 6.07) is 11.9. The highest BCUT2D eigenvalue weighted by molar-refractivity contribution is 5.77. The number of carbonyl (C=O) groups excluding carboxylic acids is 1. The maximum atomic E-state index is 13.1. The van der Waals surface area contributed by atoms with Gasteiger partial charge in [-0.15, -0.1) is 0 Å². The van der Waals surface area contributed by atoms with E-state index in [-0.39, 0.29) is 36.5 Å². The first kappa shape index (κ1) is 21.2. The Morgan fingerprint density at radius 2 is 1.94 bits per heavy atom. The number of nitrogens with one attached hydrogen (secondary N) is 1. The molecule has 7 nitrogen and oxygen atoms in total. The number of anilines is 1. The van der Waals surface area contributed by atoms with E-state index < -0.39 is 0 Å². The predicted octanol–water partition coefficient (Wildman–Crippen LogP) is 1.99. The van der Waals surface area contributed by atoms with E-state index in [1.54, 1.807) is 24.4 Å². The Morgan fingerprint density at radius 1 is 1.23 bits per heavy atom. The minimum absolute atomic E-state index is 0.0904. The van der Waals surface area contributed by atoms with Gasteiger partial charge >= 0.3 is 0 Å². The summed E-state index contributed by atoms with van der Waals surface area (Å²) in [5.41, 5.74) is 1.33. The van der Waals surface area contributed by atoms with Crippen LogP contribution in [0.2, 0.25) is 0 Å². The number of hydrogen-bond donors (Lipinski definition) is 2. The Kier molecular flexibility index (Phi) is 6.44. The van der Waals surface area contributed by atoms with Crippen LogP contribution in [0.1, 0.15) is 36.4 Å². The van der Waals surface area contributed by atoms with Gasteiger partial charge in [-0.05, 0) is 42.7 Å². The smallest absolute Gasteiger partial charge is 0.223 e. The average molecular weight is 423 g/mol. The number of benzene rings is 1. The second-order valence-electron chi connectivity index (χ2n) is 8.10. The second kappa shape index (κ2) is 9.41. The Hall–Kier alpha value is -3.02. The van der Waals surface area contributed by atoms with Crippen molar-refractivity contribution in [2.24, 2.45) is 0 Å². The Bertz CT molecular complexity index is 930. The third-order valence-electron chi connectivity index (χ3n) is 6.16. The van der Waals surface area contributed by atoms with Crippen molar-refractivity contribution in [1.82, 2.24) is 15.2 Å². The molecule has 0 saturated carbocycles. The number of rotatable bonds is 7. The molecule has 0 radical (unpaired) electrons. The number of aliphatic hydroxyl groups excluding tert-OH is 1. The number of nitriles is 1. The van der Waals surface area contributed by atoms with Gasteiger partial charge in [-0.1, -0.05) is 12.1 Å². The van der Waals surface area contributed by atoms with Crippen LogP contribution in [-0.4, -0.2) is 59.2 Å². The second-order valence-corrected chi connectivity index (χ2v) is 8.10. The minimum atomic E-state index is -0.330. The van der Waals surface area contributed by atoms with Gasteiger partial charge in [-0.25, -0.2) is 9.37 Å². The molecule has 8 heteroatoms. The van der Waals surface area contributed by atoms with Crippen LogP contribution in [0, 0.1) is 17.1 Å². The molecule has 2 aliphatic rings. The zero-order chi connectivity index (χ0) is 21.8. The highest BCUT2D eigenvalue weighted by atomic mass is 19.1. The van der Waals surface area contributed by atoms with Crippen LogP contribution in [0.25, 0.3) is 0 Å². The molecule has 1 aromatic heterocycles. The minimum Gasteiger partial charge on any atom is -0.394 e. The summed E-state index contributed by atoms with van der Waals surface area (Å²) in [6.45, 7) is 1.64. The molecule has 3 heterocycles. The van der Waals surface area contributed by atoms with Gasteiger partial charge in [0.15, 0.2) is 0 Å². The lowest BCUT2D eigenvalue weighted by atomic mass is 10.1. The highest BCUT2D eigenvalue weighted by Gasteiger charge is 2.41. The van der Waals surface area contributed by atoms with E-state index in [4.69, 9.17) is 5.26 Å². The van der Waals surface area contributed by atoms with Gasteiger partial charge in [-0.3, -0.25) is 4.79 Å². The molecule has 2 N–H and O–H groups in total. The lowest BCUT2D eigenvalue weighted by Crippen LogP contribution is -2.56. The summed E-state index contributed by atoms with van der Waals surface area (Å²) in [7, 11) is 0. The van der Waals surface area contributed by atoms with Gasteiger partial charge in [-0.2, -0.15) is 5.26 Å². The fourth-order valence-electron chi connectivity index (χ4n) is 4.58. The lowest BCUT2D eigenvalue weighted by molar-refractivity contribution is -0.132. The van der Waals surface area contributed by atoms with Gasteiger partial charge in [0.05, 0.1) is 18.2 Å². The topological polar surface area (TPSA) is 92.5 Å². The van der Waals surface area contributed by atoms with Crippen LogP contribution in [-0.2, 0) is 4.79 Å². The average Bonchev–Trinajstić information content (AvgIpc) is 3.06. The predicted molar refractivity (Wildman–Crippen MR) is 114 cm³/mol. The number of aliphatic hydroxyl groups is 1. The number of likely N-dealkylation sites (tertiary alicyclic amines) is 1. The molecule has 162 valence electrons. The van der Waals surface area contributed by atoms with Crippen molar-refractivity contribution < 1.29 is 14.3 Å². The normalized spacial score (nSPS) is 21.1. The number of nitrogens with zero attached hydrogens (tertiary/aromatic N) is 4. The molecule has 3 atom stereocenters. The number of piperazine rings is 1. The quantitative estimate of drug-likeness (QED) is 0.708. The van der Waals surface area contributed by atoms with Crippen LogP contribution in [0.5, 0.6) is 0 Å². The molecule has 2 bridgehead atoms. The molecule has 4 rings (SSSR count). The number of fused-ring (bicyclic) bond motifs is 2. The third kappa shape index (κ3) is 4.68. The van der Waals surface area contributed by atoms with E-state index >= 15 is 0 Å². The summed E-state index contributed by atoms with van der Waals surface area (Å²) >= 11 is 0. The standard InChI is InChI=1S/C23H26FN5O2/c24-18-4-2-17(3-5-18)21(15-30)26-10-9-23(31)28-13-19-6-7-20(14-28)29(19)22-8-1-16(11-25)12-27-22/h1-5,8,12,19-21,26,30H,6-7,9-10,13-15H2/t19-,20?,21+/m0/s1. The SMILES string of the molecule is N#Cc1ccc(N2C3CC[C@H]2CN(C(=O)CCN[C@H](CO)c2ccc(F)cc2)C3)nc1. The van der Waals surface area contributed by atoms with Crippen LogP contribution in [0.4, 0.5) is 10.2 Å². The third-order valence-corrected chi connectivity index (χ3v) is 6.16. The number of halogens is 1. The van der Waals surface area contributed by atoms with Crippen molar-refractivity contribution in [3.63, 3.8) is 0 Å². The Labute approximate surface area is 181 Å². The number of pyridine rings is 1. The molecular formula is C23H26FN5O2. The van der Waals surface area contributed by atoms with Crippen LogP contribution >= 0.6 is 0 Å². The molecule has 2 aromatic rings. The monoisotopic (exact) mass is 423 g/mol. The van der Waals surface area contributed by atoms with Crippen LogP contribution in [0.15, 0.2) is 42.6 Å². The van der Waals surface area contributed by atoms with Crippen molar-refractivity contribution in [2.45, 2.75) is 37.4 Å². The summed E-state index contributed by atoms with van der Waals surface area (Å²) < 4.78 is 13.1. The number of hydrogen-bond acceptors (Lipinski definition) is 6. The van der Waals surface area contributed by atoms with Crippen molar-refractivity contribution in [3.05, 3.63) is 59.5 Å². The van der Waals surface area contributed by atoms with Crippen molar-refractivity contribution in [3.8, 4) is 6.07 Å². The molecule has 1 amide bonds. The van der Waals surface area contributed by atoms with E-state index in [0.29, 0.717) is 31.6 Å². The molecule has 2 fully saturated rings. The summed E-state index contributed by atoms with van der Waals surface area (Å²) in [5, 5.41) is 21.8. The molecule has 2 saturated heterocycles. The van der Waals surface area contributed by atoms with E-state index in [2.05, 4.69) is 21.3 Å². The molecule has 1 unspecified atom stereocenters. The maximum absolute atomic E-state index is 13.1. The van der Waals surface area contributed by atoms with E-state index in [0.717, 1.165) is 24.2 Å². The first-order valence-corrected chi connectivity index (χ1v) is 10.6. The molecule has 1 aromatic carbocycles. The lowest BCUT2D eigenvalue weighted by Gasteiger charge is -2.42. The molecule has 0 aliphatic carbocycles. The summed E-state index contributed by atoms with van der Waals surface area (Å²) in [4.78, 5) is 21.5. The maximum Gasteiger partial charge on any atom is 0.223 e. The van der Waals surface area contributed by atoms with Gasteiger partial charge in [0.2, 0.25) is 5.91 Å². The van der Waals surface area contributed by atoms with Gasteiger partial charge in [0, 0.05) is 44.3 Å². The van der Waals surface area contributed by atoms with Crippen LogP contribution in [0.3, 0.4) is 0 Å². The largest absolute Gasteiger partial charge is 0.394 e. The fraction of sp³-hybridized carbons (Fsp3) is 0.435. The molecule has 2 aliphatic heterocycles. The van der Waals surface area contributed by atoms with Crippen LogP contribution < -0.4 is 10.2 Å². The first-order valence-electron chi connectivity index (χ1n) is 10.6. The van der Waals surface area contributed by atoms with Crippen molar-refractivity contribution in [1.29, 1.82) is 5.26 Å². The first-order chi connectivity index (χ1) is 15.1. The van der Waals surface area contributed by atoms with Gasteiger partial charge in [0.25, 0.3) is 0 Å². The van der Waals surface area contributed by atoms with Crippen molar-refractivity contribution >= 4 is 11.7 Å². The Morgan fingerprint density at radius 3 is 2.52 bits per heavy atom. The van der Waals surface area contributed by atoms with E-state index in [1.165, 1.54) is 12.1 Å². The number of amides is 1. The number of aromatic nitrogens is 1. The van der Waals surface area contributed by atoms with Gasteiger partial charge < -0.3 is 20.2 Å². The molecule has 31 heavy (non-hydrogen) atoms. The summed E-state index contributed by atoms with van der Waals surface area (Å²) in [6.07, 6.45) is 3.97. The molecule has 0 spiro atoms. The zero-order valence-electron chi connectivity index (χ0n) is 17.2. The fourth-order valence-corrected chi connectivity index (χ4v) is 4.58. The molecular weight excluding hydrogens is 397 g/mol. The van der Waals surface area contributed by atoms with Crippen molar-refractivity contribution in [2.75, 3.05) is 31.1 Å². The van der Waals surface area contributed by atoms with Gasteiger partial charge in [0.1, 0.15) is 17.7 Å². The van der Waals surface area contributed by atoms with E-state index in [9.17, 15) is 14.3 Å². The van der Waals surface area contributed by atoms with E-state index in [1.807, 2.05) is 11.0 Å². The number of carbonyl (C=O) groups is 1. The Balaban J connectivity index is 1.30.